The highest BCUT2D eigenvalue weighted by atomic mass is 16.8. The van der Waals surface area contributed by atoms with Crippen molar-refractivity contribution in [2.24, 2.45) is 11.8 Å². The van der Waals surface area contributed by atoms with Gasteiger partial charge in [0.25, 0.3) is 0 Å². The number of nitrogens with zero attached hydrogens (tertiary/aromatic N) is 1. The van der Waals surface area contributed by atoms with Crippen molar-refractivity contribution >= 4 is 23.2 Å². The summed E-state index contributed by atoms with van der Waals surface area (Å²) in [6.07, 6.45) is 0.708. The van der Waals surface area contributed by atoms with Gasteiger partial charge < -0.3 is 5.21 Å². The van der Waals surface area contributed by atoms with Crippen LogP contribution in [0.15, 0.2) is 72.8 Å². The Labute approximate surface area is 185 Å². The second-order valence-electron chi connectivity index (χ2n) is 8.84. The molecule has 6 nitrogen and oxygen atoms in total. The van der Waals surface area contributed by atoms with Crippen LogP contribution < -0.4 is 10.1 Å². The van der Waals surface area contributed by atoms with Crippen molar-refractivity contribution < 1.29 is 20.0 Å². The van der Waals surface area contributed by atoms with Gasteiger partial charge in [-0.3, -0.25) is 9.59 Å². The second kappa shape index (κ2) is 6.59. The maximum absolute atomic E-state index is 13.9. The number of hydrogen-bond acceptors (Lipinski definition) is 4. The van der Waals surface area contributed by atoms with E-state index in [0.717, 1.165) is 22.3 Å². The fourth-order valence-electron chi connectivity index (χ4n) is 6.54. The van der Waals surface area contributed by atoms with Crippen molar-refractivity contribution in [2.45, 2.75) is 24.7 Å². The summed E-state index contributed by atoms with van der Waals surface area (Å²) in [6, 6.07) is 22.4. The van der Waals surface area contributed by atoms with Crippen LogP contribution in [-0.4, -0.2) is 17.0 Å². The van der Waals surface area contributed by atoms with Crippen molar-refractivity contribution in [2.75, 3.05) is 4.90 Å². The molecule has 0 radical (unpaired) electrons. The minimum absolute atomic E-state index is 0.121. The highest BCUT2D eigenvalue weighted by Gasteiger charge is 2.67. The summed E-state index contributed by atoms with van der Waals surface area (Å²) in [5.74, 6) is -1.50. The monoisotopic (exact) mass is 426 g/mol. The summed E-state index contributed by atoms with van der Waals surface area (Å²) in [5, 5.41) is 19.4. The number of anilines is 1. The number of carbonyl (C=O) groups is 2. The molecule has 32 heavy (non-hydrogen) atoms. The lowest BCUT2D eigenvalue weighted by Gasteiger charge is -2.54. The Balaban J connectivity index is 1.57. The lowest BCUT2D eigenvalue weighted by molar-refractivity contribution is -0.991. The van der Waals surface area contributed by atoms with Gasteiger partial charge in [0, 0.05) is 23.5 Å². The van der Waals surface area contributed by atoms with Gasteiger partial charge in [0.15, 0.2) is 5.69 Å². The molecule has 1 aliphatic heterocycles. The third kappa shape index (κ3) is 2.19. The Hall–Kier alpha value is -3.32. The largest absolute Gasteiger partial charge is 0.595 e. The van der Waals surface area contributed by atoms with Gasteiger partial charge in [0.2, 0.25) is 11.8 Å². The molecule has 0 aromatic heterocycles. The van der Waals surface area contributed by atoms with E-state index in [-0.39, 0.29) is 23.4 Å². The molecule has 6 heteroatoms. The van der Waals surface area contributed by atoms with Crippen LogP contribution >= 0.6 is 0 Å². The van der Waals surface area contributed by atoms with Crippen LogP contribution in [0, 0.1) is 17.0 Å². The summed E-state index contributed by atoms with van der Waals surface area (Å²) in [6.45, 7) is 2.10. The Morgan fingerprint density at radius 1 is 0.906 bits per heavy atom. The third-order valence-corrected chi connectivity index (χ3v) is 7.72. The standard InChI is InChI=1S/C26H22N2O4/c1-2-26-19-9-5-3-7-17(19)21(18-8-4-6-10-20(18)26)22-23(26)25(30)27(24(22)29)15-11-13-16(14-12-15)28(31)32/h3-14,21-23,28,31H,2H2,1H3/t21?,22-,23+,26?/m0/s1. The molecule has 4 aliphatic rings. The van der Waals surface area contributed by atoms with Crippen LogP contribution in [0.3, 0.4) is 0 Å². The highest BCUT2D eigenvalue weighted by molar-refractivity contribution is 6.23. The van der Waals surface area contributed by atoms with E-state index in [2.05, 4.69) is 31.2 Å². The van der Waals surface area contributed by atoms with E-state index in [4.69, 9.17) is 0 Å². The van der Waals surface area contributed by atoms with Crippen molar-refractivity contribution in [3.63, 3.8) is 0 Å². The van der Waals surface area contributed by atoms with Crippen LogP contribution in [0.5, 0.6) is 0 Å². The predicted octanol–water partition coefficient (Wildman–Crippen LogP) is 3.05. The number of rotatable bonds is 3. The second-order valence-corrected chi connectivity index (χ2v) is 8.84. The Morgan fingerprint density at radius 2 is 1.47 bits per heavy atom. The number of hydrogen-bond donors (Lipinski definition) is 2. The summed E-state index contributed by atoms with van der Waals surface area (Å²) >= 11 is 0. The molecule has 3 aromatic carbocycles. The molecule has 3 aromatic rings. The Morgan fingerprint density at radius 3 is 2.00 bits per heavy atom. The van der Waals surface area contributed by atoms with Crippen LogP contribution in [0.1, 0.15) is 41.5 Å². The average molecular weight is 426 g/mol. The first-order valence-electron chi connectivity index (χ1n) is 10.9. The van der Waals surface area contributed by atoms with E-state index in [1.54, 1.807) is 12.1 Å². The number of imide groups is 1. The zero-order valence-corrected chi connectivity index (χ0v) is 17.5. The topological polar surface area (TPSA) is 85.1 Å². The van der Waals surface area contributed by atoms with Gasteiger partial charge in [0.1, 0.15) is 0 Å². The van der Waals surface area contributed by atoms with Gasteiger partial charge in [-0.25, -0.2) is 10.1 Å². The first-order valence-corrected chi connectivity index (χ1v) is 10.9. The van der Waals surface area contributed by atoms with E-state index in [1.807, 2.05) is 24.3 Å². The minimum Gasteiger partial charge on any atom is -0.595 e. The number of carbonyl (C=O) groups excluding carboxylic acids is 2. The first kappa shape index (κ1) is 19.4. The summed E-state index contributed by atoms with van der Waals surface area (Å²) in [7, 11) is 0. The number of benzene rings is 3. The number of quaternary nitrogens is 1. The maximum Gasteiger partial charge on any atom is 0.238 e. The molecule has 0 spiro atoms. The zero-order valence-electron chi connectivity index (χ0n) is 17.5. The van der Waals surface area contributed by atoms with E-state index in [9.17, 15) is 20.0 Å². The molecule has 160 valence electrons. The van der Waals surface area contributed by atoms with Crippen LogP contribution in [0.2, 0.25) is 0 Å². The molecule has 3 aliphatic carbocycles. The van der Waals surface area contributed by atoms with Gasteiger partial charge in [-0.15, -0.1) is 0 Å². The normalized spacial score (nSPS) is 28.3. The number of nitrogens with one attached hydrogen (secondary N) is 1. The molecule has 0 saturated carbocycles. The molecular weight excluding hydrogens is 404 g/mol. The molecule has 1 fully saturated rings. The van der Waals surface area contributed by atoms with E-state index < -0.39 is 22.5 Å². The molecule has 1 saturated heterocycles. The zero-order chi connectivity index (χ0) is 22.2. The lowest BCUT2D eigenvalue weighted by atomic mass is 9.46. The van der Waals surface area contributed by atoms with Gasteiger partial charge >= 0.3 is 0 Å². The highest BCUT2D eigenvalue weighted by Crippen LogP contribution is 2.65. The van der Waals surface area contributed by atoms with Gasteiger partial charge in [0.05, 0.1) is 17.5 Å². The van der Waals surface area contributed by atoms with Gasteiger partial charge in [-0.05, 0) is 40.8 Å². The summed E-state index contributed by atoms with van der Waals surface area (Å²) in [5.41, 5.74) is 4.56. The minimum atomic E-state index is -1.04. The fraction of sp³-hybridized carbons (Fsp3) is 0.231. The van der Waals surface area contributed by atoms with Crippen molar-refractivity contribution in [1.29, 1.82) is 0 Å². The SMILES string of the molecule is CCC12c3ccccc3C(c3ccccc31)[C@@H]1C(=O)N(c3ccc([NH+]([O-])O)cc3)C(=O)[C@@H]12. The van der Waals surface area contributed by atoms with E-state index in [1.165, 1.54) is 17.0 Å². The number of amides is 2. The molecular formula is C26H22N2O4. The third-order valence-electron chi connectivity index (χ3n) is 7.72. The smallest absolute Gasteiger partial charge is 0.238 e. The molecule has 1 unspecified atom stereocenters. The lowest BCUT2D eigenvalue weighted by Crippen LogP contribution is -2.99. The maximum atomic E-state index is 13.9. The van der Waals surface area contributed by atoms with Crippen molar-refractivity contribution in [3.05, 3.63) is 100 Å². The summed E-state index contributed by atoms with van der Waals surface area (Å²) in [4.78, 5) is 29.0. The van der Waals surface area contributed by atoms with E-state index >= 15 is 0 Å². The van der Waals surface area contributed by atoms with Crippen molar-refractivity contribution in [1.82, 2.24) is 0 Å². The predicted molar refractivity (Wildman–Crippen MR) is 117 cm³/mol. The van der Waals surface area contributed by atoms with Crippen LogP contribution in [0.4, 0.5) is 11.4 Å². The fourth-order valence-corrected chi connectivity index (χ4v) is 6.54. The van der Waals surface area contributed by atoms with Gasteiger partial charge in [-0.2, -0.15) is 5.23 Å². The van der Waals surface area contributed by atoms with Gasteiger partial charge in [-0.1, -0.05) is 55.5 Å². The molecule has 2 bridgehead atoms. The molecule has 7 rings (SSSR count). The Kier molecular flexibility index (Phi) is 3.99. The molecule has 1 heterocycles. The Bertz CT molecular complexity index is 1220. The van der Waals surface area contributed by atoms with Crippen molar-refractivity contribution in [3.8, 4) is 0 Å². The quantitative estimate of drug-likeness (QED) is 0.498. The molecule has 2 amide bonds. The first-order chi connectivity index (χ1) is 15.5. The summed E-state index contributed by atoms with van der Waals surface area (Å²) < 4.78 is 0. The molecule has 3 atom stereocenters. The van der Waals surface area contributed by atoms with Crippen LogP contribution in [-0.2, 0) is 15.0 Å². The van der Waals surface area contributed by atoms with Crippen LogP contribution in [0.25, 0.3) is 0 Å². The molecule has 2 N–H and O–H groups in total. The average Bonchev–Trinajstić information content (AvgIpc) is 3.10. The van der Waals surface area contributed by atoms with E-state index in [0.29, 0.717) is 12.1 Å².